The summed E-state index contributed by atoms with van der Waals surface area (Å²) >= 11 is 0. The number of alkyl halides is 3. The van der Waals surface area contributed by atoms with Gasteiger partial charge >= 0.3 is 21.5 Å². The van der Waals surface area contributed by atoms with E-state index in [1.807, 2.05) is 0 Å². The summed E-state index contributed by atoms with van der Waals surface area (Å²) in [6.45, 7) is 1.53. The van der Waals surface area contributed by atoms with Crippen molar-refractivity contribution in [1.29, 1.82) is 0 Å². The Hall–Kier alpha value is -0.830. The number of halogens is 3. The molecule has 0 spiro atoms. The van der Waals surface area contributed by atoms with E-state index in [0.29, 0.717) is 0 Å². The molecule has 90 valence electrons. The summed E-state index contributed by atoms with van der Waals surface area (Å²) in [7, 11) is -5.60. The van der Waals surface area contributed by atoms with Crippen molar-refractivity contribution in [1.82, 2.24) is 4.72 Å². The molecule has 0 rings (SSSR count). The van der Waals surface area contributed by atoms with Gasteiger partial charge in [-0.2, -0.15) is 17.9 Å². The van der Waals surface area contributed by atoms with Gasteiger partial charge in [-0.15, -0.1) is 0 Å². The van der Waals surface area contributed by atoms with Gasteiger partial charge in [0.05, 0.1) is 0 Å². The Morgan fingerprint density at radius 1 is 1.47 bits per heavy atom. The number of hydrogen-bond donors (Lipinski definition) is 2. The lowest BCUT2D eigenvalue weighted by Crippen LogP contribution is -2.46. The summed E-state index contributed by atoms with van der Waals surface area (Å²) in [5.74, 6) is -1.63. The van der Waals surface area contributed by atoms with Gasteiger partial charge in [-0.3, -0.25) is 4.79 Å². The van der Waals surface area contributed by atoms with Crippen LogP contribution in [-0.2, 0) is 14.8 Å². The number of rotatable bonds is 5. The minimum atomic E-state index is -5.60. The summed E-state index contributed by atoms with van der Waals surface area (Å²) in [6.07, 6.45) is 0.0436. The molecule has 5 nitrogen and oxygen atoms in total. The number of carboxylic acids is 1. The molecule has 0 heterocycles. The molecule has 0 aliphatic rings. The van der Waals surface area contributed by atoms with Crippen molar-refractivity contribution >= 4 is 16.0 Å². The van der Waals surface area contributed by atoms with Gasteiger partial charge in [-0.1, -0.05) is 13.3 Å². The molecule has 15 heavy (non-hydrogen) atoms. The number of sulfonamides is 1. The second kappa shape index (κ2) is 4.79. The van der Waals surface area contributed by atoms with Gasteiger partial charge in [0.1, 0.15) is 6.04 Å². The quantitative estimate of drug-likeness (QED) is 0.750. The second-order valence-corrected chi connectivity index (χ2v) is 4.45. The molecule has 0 fully saturated rings. The Kier molecular flexibility index (Phi) is 4.53. The van der Waals surface area contributed by atoms with Crippen molar-refractivity contribution in [2.45, 2.75) is 31.3 Å². The molecule has 0 aliphatic carbocycles. The van der Waals surface area contributed by atoms with E-state index in [-0.39, 0.29) is 12.8 Å². The van der Waals surface area contributed by atoms with Crippen LogP contribution in [0.5, 0.6) is 0 Å². The highest BCUT2D eigenvalue weighted by Crippen LogP contribution is 2.22. The molecule has 0 aromatic carbocycles. The molecular formula is C6H10F3NO4S. The SMILES string of the molecule is CCCC(NS(=O)(=O)C(F)(F)F)C(=O)O. The van der Waals surface area contributed by atoms with Crippen molar-refractivity contribution in [3.05, 3.63) is 0 Å². The standard InChI is InChI=1S/C6H10F3NO4S/c1-2-3-4(5(11)12)10-15(13,14)6(7,8)9/h4,10H,2-3H2,1H3,(H,11,12). The Labute approximate surface area is 84.3 Å². The van der Waals surface area contributed by atoms with Crippen LogP contribution in [0.3, 0.4) is 0 Å². The molecular weight excluding hydrogens is 239 g/mol. The van der Waals surface area contributed by atoms with Crippen LogP contribution in [0, 0.1) is 0 Å². The smallest absolute Gasteiger partial charge is 0.480 e. The topological polar surface area (TPSA) is 83.5 Å². The van der Waals surface area contributed by atoms with Gasteiger partial charge in [0, 0.05) is 0 Å². The van der Waals surface area contributed by atoms with Crippen molar-refractivity contribution in [3.63, 3.8) is 0 Å². The van der Waals surface area contributed by atoms with Gasteiger partial charge in [0.2, 0.25) is 0 Å². The van der Waals surface area contributed by atoms with E-state index in [4.69, 9.17) is 5.11 Å². The van der Waals surface area contributed by atoms with E-state index in [1.54, 1.807) is 0 Å². The van der Waals surface area contributed by atoms with Crippen LogP contribution in [0.4, 0.5) is 13.2 Å². The third-order valence-corrected chi connectivity index (χ3v) is 2.68. The third kappa shape index (κ3) is 4.04. The largest absolute Gasteiger partial charge is 0.511 e. The average Bonchev–Trinajstić information content (AvgIpc) is 2.00. The van der Waals surface area contributed by atoms with Crippen molar-refractivity contribution in [2.24, 2.45) is 0 Å². The van der Waals surface area contributed by atoms with Crippen molar-refractivity contribution in [2.75, 3.05) is 0 Å². The highest BCUT2D eigenvalue weighted by atomic mass is 32.2. The lowest BCUT2D eigenvalue weighted by Gasteiger charge is -2.15. The van der Waals surface area contributed by atoms with E-state index < -0.39 is 27.5 Å². The fourth-order valence-corrected chi connectivity index (χ4v) is 1.50. The fourth-order valence-electron chi connectivity index (χ4n) is 0.776. The van der Waals surface area contributed by atoms with Gasteiger partial charge < -0.3 is 5.11 Å². The van der Waals surface area contributed by atoms with Crippen LogP contribution in [0.2, 0.25) is 0 Å². The predicted octanol–water partition coefficient (Wildman–Crippen LogP) is 0.679. The highest BCUT2D eigenvalue weighted by Gasteiger charge is 2.47. The molecule has 0 aromatic heterocycles. The van der Waals surface area contributed by atoms with Crippen LogP contribution < -0.4 is 4.72 Å². The van der Waals surface area contributed by atoms with Gasteiger partial charge in [0.25, 0.3) is 0 Å². The zero-order valence-electron chi connectivity index (χ0n) is 7.71. The maximum absolute atomic E-state index is 11.9. The first kappa shape index (κ1) is 14.2. The second-order valence-electron chi connectivity index (χ2n) is 2.75. The zero-order valence-corrected chi connectivity index (χ0v) is 8.52. The Bertz CT molecular complexity index is 324. The average molecular weight is 249 g/mol. The monoisotopic (exact) mass is 249 g/mol. The van der Waals surface area contributed by atoms with E-state index in [9.17, 15) is 26.4 Å². The maximum Gasteiger partial charge on any atom is 0.511 e. The Balaban J connectivity index is 4.76. The third-order valence-electron chi connectivity index (χ3n) is 1.48. The van der Waals surface area contributed by atoms with Gasteiger partial charge in [-0.05, 0) is 6.42 Å². The lowest BCUT2D eigenvalue weighted by atomic mass is 10.2. The predicted molar refractivity (Wildman–Crippen MR) is 44.4 cm³/mol. The van der Waals surface area contributed by atoms with E-state index >= 15 is 0 Å². The van der Waals surface area contributed by atoms with E-state index in [1.165, 1.54) is 6.92 Å². The summed E-state index contributed by atoms with van der Waals surface area (Å²) in [6, 6.07) is -1.75. The lowest BCUT2D eigenvalue weighted by molar-refractivity contribution is -0.139. The number of aliphatic carboxylic acids is 1. The zero-order chi connectivity index (χ0) is 12.3. The summed E-state index contributed by atoms with van der Waals surface area (Å²) < 4.78 is 57.7. The first-order valence-electron chi connectivity index (χ1n) is 3.93. The summed E-state index contributed by atoms with van der Waals surface area (Å²) in [4.78, 5) is 10.4. The van der Waals surface area contributed by atoms with Crippen LogP contribution >= 0.6 is 0 Å². The summed E-state index contributed by atoms with van der Waals surface area (Å²) in [5, 5.41) is 8.44. The number of carbonyl (C=O) groups is 1. The van der Waals surface area contributed by atoms with Crippen molar-refractivity contribution in [3.8, 4) is 0 Å². The first-order valence-corrected chi connectivity index (χ1v) is 5.41. The number of hydrogen-bond acceptors (Lipinski definition) is 3. The molecule has 0 amide bonds. The van der Waals surface area contributed by atoms with Crippen LogP contribution in [0.25, 0.3) is 0 Å². The van der Waals surface area contributed by atoms with Gasteiger partial charge in [-0.25, -0.2) is 8.42 Å². The first-order chi connectivity index (χ1) is 6.62. The molecule has 0 aliphatic heterocycles. The van der Waals surface area contributed by atoms with Crippen LogP contribution in [-0.4, -0.2) is 31.0 Å². The molecule has 2 N–H and O–H groups in total. The molecule has 0 bridgehead atoms. The molecule has 0 saturated heterocycles. The van der Waals surface area contributed by atoms with Gasteiger partial charge in [0.15, 0.2) is 0 Å². The molecule has 0 saturated carbocycles. The summed E-state index contributed by atoms with van der Waals surface area (Å²) in [5.41, 5.74) is -5.49. The minimum Gasteiger partial charge on any atom is -0.480 e. The number of nitrogens with one attached hydrogen (secondary N) is 1. The molecule has 0 aromatic rings. The minimum absolute atomic E-state index is 0.204. The maximum atomic E-state index is 11.9. The normalized spacial score (nSPS) is 14.9. The van der Waals surface area contributed by atoms with E-state index in [2.05, 4.69) is 0 Å². The molecule has 0 radical (unpaired) electrons. The van der Waals surface area contributed by atoms with Crippen LogP contribution in [0.1, 0.15) is 19.8 Å². The molecule has 1 atom stereocenters. The van der Waals surface area contributed by atoms with Crippen LogP contribution in [0.15, 0.2) is 0 Å². The number of carboxylic acid groups (broad SMARTS) is 1. The Morgan fingerprint density at radius 3 is 2.20 bits per heavy atom. The molecule has 1 unspecified atom stereocenters. The van der Waals surface area contributed by atoms with Crippen molar-refractivity contribution < 1.29 is 31.5 Å². The fraction of sp³-hybridized carbons (Fsp3) is 0.833. The molecule has 9 heteroatoms. The Morgan fingerprint density at radius 2 is 1.93 bits per heavy atom. The highest BCUT2D eigenvalue weighted by molar-refractivity contribution is 7.90. The van der Waals surface area contributed by atoms with E-state index in [0.717, 1.165) is 4.72 Å².